The SMILES string of the molecule is CCC(C)C(N)c1cccc(OC(F)(F)F)c1. The summed E-state index contributed by atoms with van der Waals surface area (Å²) in [6.45, 7) is 3.95. The molecule has 1 aromatic rings. The van der Waals surface area contributed by atoms with Gasteiger partial charge in [0.25, 0.3) is 0 Å². The van der Waals surface area contributed by atoms with Crippen LogP contribution in [0, 0.1) is 5.92 Å². The summed E-state index contributed by atoms with van der Waals surface area (Å²) in [5, 5.41) is 0. The summed E-state index contributed by atoms with van der Waals surface area (Å²) in [6.07, 6.45) is -3.80. The van der Waals surface area contributed by atoms with Crippen molar-refractivity contribution in [3.8, 4) is 5.75 Å². The van der Waals surface area contributed by atoms with Crippen LogP contribution in [0.25, 0.3) is 0 Å². The molecule has 0 amide bonds. The minimum atomic E-state index is -4.67. The summed E-state index contributed by atoms with van der Waals surface area (Å²) < 4.78 is 40.0. The van der Waals surface area contributed by atoms with E-state index in [-0.39, 0.29) is 17.7 Å². The predicted molar refractivity (Wildman–Crippen MR) is 59.5 cm³/mol. The predicted octanol–water partition coefficient (Wildman–Crippen LogP) is 3.63. The van der Waals surface area contributed by atoms with Gasteiger partial charge in [0.2, 0.25) is 0 Å². The maximum absolute atomic E-state index is 12.0. The molecule has 1 rings (SSSR count). The van der Waals surface area contributed by atoms with Gasteiger partial charge in [0, 0.05) is 6.04 Å². The molecule has 0 fully saturated rings. The molecule has 2 atom stereocenters. The van der Waals surface area contributed by atoms with E-state index in [1.807, 2.05) is 13.8 Å². The van der Waals surface area contributed by atoms with Gasteiger partial charge in [-0.3, -0.25) is 0 Å². The first-order valence-electron chi connectivity index (χ1n) is 5.44. The van der Waals surface area contributed by atoms with Gasteiger partial charge in [0.1, 0.15) is 5.75 Å². The molecule has 1 aromatic carbocycles. The first-order chi connectivity index (χ1) is 7.83. The van der Waals surface area contributed by atoms with Crippen LogP contribution >= 0.6 is 0 Å². The number of alkyl halides is 3. The molecule has 0 spiro atoms. The molecular weight excluding hydrogens is 231 g/mol. The van der Waals surface area contributed by atoms with Crippen molar-refractivity contribution >= 4 is 0 Å². The average Bonchev–Trinajstić information content (AvgIpc) is 2.25. The van der Waals surface area contributed by atoms with Crippen LogP contribution in [0.5, 0.6) is 5.75 Å². The van der Waals surface area contributed by atoms with Crippen molar-refractivity contribution in [1.29, 1.82) is 0 Å². The molecule has 0 aromatic heterocycles. The van der Waals surface area contributed by atoms with Gasteiger partial charge in [0.15, 0.2) is 0 Å². The highest BCUT2D eigenvalue weighted by atomic mass is 19.4. The van der Waals surface area contributed by atoms with E-state index in [1.54, 1.807) is 6.07 Å². The molecule has 0 aliphatic rings. The molecule has 2 nitrogen and oxygen atoms in total. The number of benzene rings is 1. The fourth-order valence-electron chi connectivity index (χ4n) is 1.50. The molecule has 0 bridgehead atoms. The van der Waals surface area contributed by atoms with Crippen LogP contribution < -0.4 is 10.5 Å². The van der Waals surface area contributed by atoms with E-state index >= 15 is 0 Å². The number of halogens is 3. The summed E-state index contributed by atoms with van der Waals surface area (Å²) in [7, 11) is 0. The molecule has 0 saturated carbocycles. The van der Waals surface area contributed by atoms with Gasteiger partial charge in [-0.25, -0.2) is 0 Å². The van der Waals surface area contributed by atoms with Crippen molar-refractivity contribution in [2.45, 2.75) is 32.7 Å². The van der Waals surface area contributed by atoms with Gasteiger partial charge < -0.3 is 10.5 Å². The van der Waals surface area contributed by atoms with E-state index in [4.69, 9.17) is 5.73 Å². The number of hydrogen-bond acceptors (Lipinski definition) is 2. The van der Waals surface area contributed by atoms with Crippen LogP contribution in [0.4, 0.5) is 13.2 Å². The van der Waals surface area contributed by atoms with Gasteiger partial charge in [-0.1, -0.05) is 32.4 Å². The van der Waals surface area contributed by atoms with Crippen LogP contribution in [0.15, 0.2) is 24.3 Å². The smallest absolute Gasteiger partial charge is 0.406 e. The summed E-state index contributed by atoms with van der Waals surface area (Å²) in [6, 6.07) is 5.54. The van der Waals surface area contributed by atoms with Crippen molar-refractivity contribution in [2.24, 2.45) is 11.7 Å². The van der Waals surface area contributed by atoms with Gasteiger partial charge in [0.05, 0.1) is 0 Å². The lowest BCUT2D eigenvalue weighted by Crippen LogP contribution is -2.20. The van der Waals surface area contributed by atoms with Crippen LogP contribution in [-0.4, -0.2) is 6.36 Å². The zero-order chi connectivity index (χ0) is 13.1. The van der Waals surface area contributed by atoms with Crippen LogP contribution in [0.2, 0.25) is 0 Å². The molecule has 96 valence electrons. The lowest BCUT2D eigenvalue weighted by molar-refractivity contribution is -0.274. The summed E-state index contributed by atoms with van der Waals surface area (Å²) in [4.78, 5) is 0. The fourth-order valence-corrected chi connectivity index (χ4v) is 1.50. The molecule has 5 heteroatoms. The van der Waals surface area contributed by atoms with Crippen LogP contribution in [0.3, 0.4) is 0 Å². The molecule has 2 unspecified atom stereocenters. The Hall–Kier alpha value is -1.23. The maximum atomic E-state index is 12.0. The quantitative estimate of drug-likeness (QED) is 0.881. The normalized spacial score (nSPS) is 15.4. The lowest BCUT2D eigenvalue weighted by Gasteiger charge is -2.19. The second-order valence-corrected chi connectivity index (χ2v) is 4.03. The Morgan fingerprint density at radius 2 is 2.00 bits per heavy atom. The third-order valence-corrected chi connectivity index (χ3v) is 2.73. The number of nitrogens with two attached hydrogens (primary N) is 1. The summed E-state index contributed by atoms with van der Waals surface area (Å²) in [5.41, 5.74) is 6.60. The molecule has 2 N–H and O–H groups in total. The van der Waals surface area contributed by atoms with Crippen LogP contribution in [0.1, 0.15) is 31.9 Å². The highest BCUT2D eigenvalue weighted by Crippen LogP contribution is 2.28. The highest BCUT2D eigenvalue weighted by Gasteiger charge is 2.31. The Balaban J connectivity index is 2.86. The fraction of sp³-hybridized carbons (Fsp3) is 0.500. The summed E-state index contributed by atoms with van der Waals surface area (Å²) in [5.74, 6) is -0.0233. The zero-order valence-corrected chi connectivity index (χ0v) is 9.79. The second kappa shape index (κ2) is 5.40. The molecular formula is C12H16F3NO. The molecule has 0 saturated heterocycles. The van der Waals surface area contributed by atoms with Crippen LogP contribution in [-0.2, 0) is 0 Å². The monoisotopic (exact) mass is 247 g/mol. The van der Waals surface area contributed by atoms with E-state index in [2.05, 4.69) is 4.74 Å². The number of hydrogen-bond donors (Lipinski definition) is 1. The topological polar surface area (TPSA) is 35.2 Å². The third kappa shape index (κ3) is 4.26. The van der Waals surface area contributed by atoms with E-state index in [1.165, 1.54) is 18.2 Å². The Morgan fingerprint density at radius 1 is 1.35 bits per heavy atom. The van der Waals surface area contributed by atoms with E-state index < -0.39 is 6.36 Å². The molecule has 0 aliphatic carbocycles. The molecule has 0 radical (unpaired) electrons. The minimum Gasteiger partial charge on any atom is -0.406 e. The Morgan fingerprint density at radius 3 is 2.53 bits per heavy atom. The van der Waals surface area contributed by atoms with Crippen molar-refractivity contribution in [3.63, 3.8) is 0 Å². The van der Waals surface area contributed by atoms with Crippen molar-refractivity contribution in [1.82, 2.24) is 0 Å². The van der Waals surface area contributed by atoms with Crippen molar-refractivity contribution in [2.75, 3.05) is 0 Å². The van der Waals surface area contributed by atoms with Gasteiger partial charge >= 0.3 is 6.36 Å². The molecule has 0 heterocycles. The first-order valence-corrected chi connectivity index (χ1v) is 5.44. The lowest BCUT2D eigenvalue weighted by atomic mass is 9.93. The van der Waals surface area contributed by atoms with E-state index in [0.29, 0.717) is 5.56 Å². The van der Waals surface area contributed by atoms with Crippen molar-refractivity contribution < 1.29 is 17.9 Å². The van der Waals surface area contributed by atoms with E-state index in [0.717, 1.165) is 6.42 Å². The highest BCUT2D eigenvalue weighted by molar-refractivity contribution is 5.30. The zero-order valence-electron chi connectivity index (χ0n) is 9.79. The average molecular weight is 247 g/mol. The van der Waals surface area contributed by atoms with Gasteiger partial charge in [-0.2, -0.15) is 0 Å². The third-order valence-electron chi connectivity index (χ3n) is 2.73. The maximum Gasteiger partial charge on any atom is 0.573 e. The standard InChI is InChI=1S/C12H16F3NO/c1-3-8(2)11(16)9-5-4-6-10(7-9)17-12(13,14)15/h4-8,11H,3,16H2,1-2H3. The van der Waals surface area contributed by atoms with E-state index in [9.17, 15) is 13.2 Å². The number of rotatable bonds is 4. The molecule has 0 aliphatic heterocycles. The minimum absolute atomic E-state index is 0.205. The van der Waals surface area contributed by atoms with Gasteiger partial charge in [-0.05, 0) is 23.6 Å². The molecule has 17 heavy (non-hydrogen) atoms. The Bertz CT molecular complexity index is 365. The largest absolute Gasteiger partial charge is 0.573 e. The van der Waals surface area contributed by atoms with Crippen molar-refractivity contribution in [3.05, 3.63) is 29.8 Å². The Labute approximate surface area is 98.6 Å². The Kier molecular flexibility index (Phi) is 4.40. The first kappa shape index (κ1) is 13.8. The summed E-state index contributed by atoms with van der Waals surface area (Å²) >= 11 is 0. The number of ether oxygens (including phenoxy) is 1. The second-order valence-electron chi connectivity index (χ2n) is 4.03. The van der Waals surface area contributed by atoms with Gasteiger partial charge in [-0.15, -0.1) is 13.2 Å².